The van der Waals surface area contributed by atoms with Crippen LogP contribution in [0.1, 0.15) is 24.5 Å². The van der Waals surface area contributed by atoms with E-state index in [1.165, 1.54) is 0 Å². The van der Waals surface area contributed by atoms with Crippen molar-refractivity contribution < 1.29 is 19.4 Å². The predicted molar refractivity (Wildman–Crippen MR) is 68.0 cm³/mol. The average molecular weight is 248 g/mol. The number of aliphatic carboxylic acids is 1. The van der Waals surface area contributed by atoms with E-state index < -0.39 is 11.9 Å². The van der Waals surface area contributed by atoms with Crippen LogP contribution in [-0.2, 0) is 14.3 Å². The first-order valence-corrected chi connectivity index (χ1v) is 5.69. The van der Waals surface area contributed by atoms with Gasteiger partial charge in [0.2, 0.25) is 0 Å². The molecule has 0 fully saturated rings. The first kappa shape index (κ1) is 14.0. The summed E-state index contributed by atoms with van der Waals surface area (Å²) in [6.07, 6.45) is 1.21. The minimum atomic E-state index is -1.05. The molecule has 4 heteroatoms. The van der Waals surface area contributed by atoms with Gasteiger partial charge in [-0.2, -0.15) is 0 Å². The van der Waals surface area contributed by atoms with E-state index >= 15 is 0 Å². The van der Waals surface area contributed by atoms with Crippen LogP contribution in [0, 0.1) is 6.92 Å². The Morgan fingerprint density at radius 2 is 2.11 bits per heavy atom. The Balaban J connectivity index is 3.01. The predicted octanol–water partition coefficient (Wildman–Crippen LogP) is 2.42. The van der Waals surface area contributed by atoms with Crippen molar-refractivity contribution in [1.82, 2.24) is 0 Å². The summed E-state index contributed by atoms with van der Waals surface area (Å²) in [6, 6.07) is 7.47. The number of carboxylic acids is 1. The van der Waals surface area contributed by atoms with Gasteiger partial charge in [0.15, 0.2) is 0 Å². The lowest BCUT2D eigenvalue weighted by Crippen LogP contribution is -2.11. The van der Waals surface area contributed by atoms with Crippen LogP contribution in [0.25, 0.3) is 6.08 Å². The molecule has 96 valence electrons. The largest absolute Gasteiger partial charge is 0.481 e. The number of carboxylic acid groups (broad SMARTS) is 1. The third-order valence-electron chi connectivity index (χ3n) is 2.26. The van der Waals surface area contributed by atoms with Crippen molar-refractivity contribution in [3.8, 4) is 0 Å². The highest BCUT2D eigenvalue weighted by Gasteiger charge is 2.14. The number of esters is 1. The highest BCUT2D eigenvalue weighted by molar-refractivity contribution is 5.97. The molecule has 0 amide bonds. The fraction of sp³-hybridized carbons (Fsp3) is 0.286. The molecule has 0 aliphatic carbocycles. The van der Waals surface area contributed by atoms with Gasteiger partial charge in [0.1, 0.15) is 0 Å². The van der Waals surface area contributed by atoms with Crippen LogP contribution in [0.4, 0.5) is 0 Å². The maximum Gasteiger partial charge on any atom is 0.334 e. The summed E-state index contributed by atoms with van der Waals surface area (Å²) in [5, 5.41) is 8.79. The standard InChI is InChI=1S/C14H16O4/c1-3-18-14(17)12(9-13(15)16)8-11-6-4-5-10(2)7-11/h4-8H,3,9H2,1-2H3,(H,15,16)/b12-8+. The quantitative estimate of drug-likeness (QED) is 0.642. The number of aryl methyl sites for hydroxylation is 1. The molecule has 0 saturated carbocycles. The lowest BCUT2D eigenvalue weighted by molar-refractivity contribution is -0.142. The van der Waals surface area contributed by atoms with Crippen molar-refractivity contribution in [3.05, 3.63) is 41.0 Å². The van der Waals surface area contributed by atoms with E-state index in [9.17, 15) is 9.59 Å². The number of hydrogen-bond donors (Lipinski definition) is 1. The molecule has 0 radical (unpaired) electrons. The molecule has 1 rings (SSSR count). The Labute approximate surface area is 106 Å². The molecule has 4 nitrogen and oxygen atoms in total. The molecule has 0 aromatic heterocycles. The fourth-order valence-electron chi connectivity index (χ4n) is 1.53. The number of carbonyl (C=O) groups excluding carboxylic acids is 1. The monoisotopic (exact) mass is 248 g/mol. The van der Waals surface area contributed by atoms with Crippen LogP contribution in [0.2, 0.25) is 0 Å². The molecule has 0 spiro atoms. The zero-order valence-corrected chi connectivity index (χ0v) is 10.5. The molecule has 0 aliphatic rings. The summed E-state index contributed by atoms with van der Waals surface area (Å²) in [5.41, 5.74) is 1.98. The number of ether oxygens (including phenoxy) is 1. The van der Waals surface area contributed by atoms with Gasteiger partial charge in [-0.25, -0.2) is 4.79 Å². The lowest BCUT2D eigenvalue weighted by atomic mass is 10.1. The number of hydrogen-bond acceptors (Lipinski definition) is 3. The third kappa shape index (κ3) is 4.41. The van der Waals surface area contributed by atoms with Gasteiger partial charge in [-0.3, -0.25) is 4.79 Å². The SMILES string of the molecule is CCOC(=O)/C(=C/c1cccc(C)c1)CC(=O)O. The summed E-state index contributed by atoms with van der Waals surface area (Å²) >= 11 is 0. The highest BCUT2D eigenvalue weighted by Crippen LogP contribution is 2.13. The summed E-state index contributed by atoms with van der Waals surface area (Å²) in [7, 11) is 0. The Morgan fingerprint density at radius 1 is 1.39 bits per heavy atom. The van der Waals surface area contributed by atoms with E-state index in [0.29, 0.717) is 0 Å². The first-order valence-electron chi connectivity index (χ1n) is 5.69. The molecule has 0 saturated heterocycles. The number of carbonyl (C=O) groups is 2. The van der Waals surface area contributed by atoms with Crippen LogP contribution >= 0.6 is 0 Å². The molecule has 1 N–H and O–H groups in total. The van der Waals surface area contributed by atoms with Gasteiger partial charge >= 0.3 is 11.9 Å². The second-order valence-electron chi connectivity index (χ2n) is 3.87. The second-order valence-corrected chi connectivity index (χ2v) is 3.87. The number of benzene rings is 1. The Kier molecular flexibility index (Phi) is 5.11. The molecular weight excluding hydrogens is 232 g/mol. The van der Waals surface area contributed by atoms with Crippen LogP contribution < -0.4 is 0 Å². The van der Waals surface area contributed by atoms with E-state index in [2.05, 4.69) is 0 Å². The topological polar surface area (TPSA) is 63.6 Å². The van der Waals surface area contributed by atoms with Crippen molar-refractivity contribution >= 4 is 18.0 Å². The maximum absolute atomic E-state index is 11.6. The average Bonchev–Trinajstić information content (AvgIpc) is 2.28. The molecule has 1 aromatic carbocycles. The fourth-order valence-corrected chi connectivity index (χ4v) is 1.53. The van der Waals surface area contributed by atoms with Crippen molar-refractivity contribution in [2.75, 3.05) is 6.61 Å². The Bertz CT molecular complexity index is 474. The zero-order valence-electron chi connectivity index (χ0n) is 10.5. The zero-order chi connectivity index (χ0) is 13.5. The minimum Gasteiger partial charge on any atom is -0.481 e. The van der Waals surface area contributed by atoms with Crippen LogP contribution in [0.15, 0.2) is 29.8 Å². The molecule has 0 unspecified atom stereocenters. The Hall–Kier alpha value is -2.10. The van der Waals surface area contributed by atoms with Crippen molar-refractivity contribution in [3.63, 3.8) is 0 Å². The van der Waals surface area contributed by atoms with Crippen molar-refractivity contribution in [2.45, 2.75) is 20.3 Å². The van der Waals surface area contributed by atoms with E-state index in [1.807, 2.05) is 31.2 Å². The highest BCUT2D eigenvalue weighted by atomic mass is 16.5. The maximum atomic E-state index is 11.6. The third-order valence-corrected chi connectivity index (χ3v) is 2.26. The summed E-state index contributed by atoms with van der Waals surface area (Å²) in [4.78, 5) is 22.3. The summed E-state index contributed by atoms with van der Waals surface area (Å²) < 4.78 is 4.84. The van der Waals surface area contributed by atoms with Gasteiger partial charge in [0.05, 0.1) is 13.0 Å². The minimum absolute atomic E-state index is 0.148. The molecule has 0 bridgehead atoms. The van der Waals surface area contributed by atoms with Crippen molar-refractivity contribution in [1.29, 1.82) is 0 Å². The van der Waals surface area contributed by atoms with Gasteiger partial charge in [0.25, 0.3) is 0 Å². The smallest absolute Gasteiger partial charge is 0.334 e. The van der Waals surface area contributed by atoms with Crippen LogP contribution in [0.3, 0.4) is 0 Å². The van der Waals surface area contributed by atoms with Gasteiger partial charge in [-0.15, -0.1) is 0 Å². The van der Waals surface area contributed by atoms with Crippen LogP contribution in [-0.4, -0.2) is 23.7 Å². The molecular formula is C14H16O4. The number of rotatable bonds is 5. The Morgan fingerprint density at radius 3 is 2.67 bits per heavy atom. The van der Waals surface area contributed by atoms with Gasteiger partial charge in [0, 0.05) is 5.57 Å². The van der Waals surface area contributed by atoms with Crippen molar-refractivity contribution in [2.24, 2.45) is 0 Å². The first-order chi connectivity index (χ1) is 8.52. The van der Waals surface area contributed by atoms with Crippen LogP contribution in [0.5, 0.6) is 0 Å². The van der Waals surface area contributed by atoms with E-state index in [1.54, 1.807) is 13.0 Å². The van der Waals surface area contributed by atoms with Gasteiger partial charge < -0.3 is 9.84 Å². The van der Waals surface area contributed by atoms with E-state index in [0.717, 1.165) is 11.1 Å². The molecule has 1 aromatic rings. The molecule has 0 atom stereocenters. The molecule has 0 heterocycles. The van der Waals surface area contributed by atoms with E-state index in [4.69, 9.17) is 9.84 Å². The lowest BCUT2D eigenvalue weighted by Gasteiger charge is -2.05. The van der Waals surface area contributed by atoms with Gasteiger partial charge in [-0.05, 0) is 25.5 Å². The van der Waals surface area contributed by atoms with Gasteiger partial charge in [-0.1, -0.05) is 29.8 Å². The second kappa shape index (κ2) is 6.59. The summed E-state index contributed by atoms with van der Waals surface area (Å²) in [6.45, 7) is 3.84. The normalized spacial score (nSPS) is 11.1. The summed E-state index contributed by atoms with van der Waals surface area (Å²) in [5.74, 6) is -1.64. The van der Waals surface area contributed by atoms with E-state index in [-0.39, 0.29) is 18.6 Å². The molecule has 0 aliphatic heterocycles. The molecule has 18 heavy (non-hydrogen) atoms.